The van der Waals surface area contributed by atoms with Crippen molar-refractivity contribution >= 4 is 11.9 Å². The second-order valence-electron chi connectivity index (χ2n) is 5.55. The number of hydrogen-bond acceptors (Lipinski definition) is 4. The average molecular weight is 343 g/mol. The van der Waals surface area contributed by atoms with Crippen LogP contribution in [0.5, 0.6) is 11.5 Å². The molecule has 0 heterocycles. The molecule has 0 saturated carbocycles. The number of nitrogens with one attached hydrogen (secondary N) is 1. The molecule has 0 radical (unpaired) electrons. The Morgan fingerprint density at radius 1 is 1.08 bits per heavy atom. The van der Waals surface area contributed by atoms with Crippen LogP contribution in [0.3, 0.4) is 0 Å². The molecule has 0 saturated heterocycles. The standard InChI is InChI=1S/C19H21NO5/c1-12-6-4-5-7-14(12)19(23)20-15(11-18(21)22)13-8-9-16(24-2)17(10-13)25-3/h4-10,15H,11H2,1-3H3,(H,20,23)(H,21,22)/t15-/m1/s1. The van der Waals surface area contributed by atoms with Gasteiger partial charge in [0.15, 0.2) is 11.5 Å². The van der Waals surface area contributed by atoms with Crippen molar-refractivity contribution in [3.05, 3.63) is 59.2 Å². The van der Waals surface area contributed by atoms with E-state index in [2.05, 4.69) is 5.32 Å². The molecule has 0 spiro atoms. The summed E-state index contributed by atoms with van der Waals surface area (Å²) in [5, 5.41) is 12.0. The average Bonchev–Trinajstić information content (AvgIpc) is 2.60. The molecule has 2 rings (SSSR count). The third-order valence-corrected chi connectivity index (χ3v) is 3.88. The lowest BCUT2D eigenvalue weighted by Gasteiger charge is -2.19. The highest BCUT2D eigenvalue weighted by Crippen LogP contribution is 2.31. The van der Waals surface area contributed by atoms with Crippen molar-refractivity contribution in [3.63, 3.8) is 0 Å². The molecule has 25 heavy (non-hydrogen) atoms. The van der Waals surface area contributed by atoms with Gasteiger partial charge in [-0.1, -0.05) is 24.3 Å². The highest BCUT2D eigenvalue weighted by Gasteiger charge is 2.21. The van der Waals surface area contributed by atoms with E-state index in [1.807, 2.05) is 19.1 Å². The maximum absolute atomic E-state index is 12.5. The maximum Gasteiger partial charge on any atom is 0.305 e. The van der Waals surface area contributed by atoms with E-state index in [0.717, 1.165) is 5.56 Å². The Hall–Kier alpha value is -3.02. The number of benzene rings is 2. The monoisotopic (exact) mass is 343 g/mol. The molecule has 2 N–H and O–H groups in total. The molecule has 0 aromatic heterocycles. The molecule has 132 valence electrons. The summed E-state index contributed by atoms with van der Waals surface area (Å²) in [6, 6.07) is 11.5. The van der Waals surface area contributed by atoms with Gasteiger partial charge in [0, 0.05) is 5.56 Å². The number of carboxylic acids is 1. The van der Waals surface area contributed by atoms with E-state index in [1.54, 1.807) is 30.3 Å². The largest absolute Gasteiger partial charge is 0.493 e. The first-order valence-corrected chi connectivity index (χ1v) is 7.76. The van der Waals surface area contributed by atoms with Crippen LogP contribution < -0.4 is 14.8 Å². The second kappa shape index (κ2) is 8.19. The lowest BCUT2D eigenvalue weighted by atomic mass is 10.0. The molecule has 0 aliphatic carbocycles. The summed E-state index contributed by atoms with van der Waals surface area (Å²) in [6.45, 7) is 1.83. The fourth-order valence-electron chi connectivity index (χ4n) is 2.56. The van der Waals surface area contributed by atoms with Crippen molar-refractivity contribution < 1.29 is 24.2 Å². The Labute approximate surface area is 146 Å². The number of methoxy groups -OCH3 is 2. The SMILES string of the molecule is COc1ccc([C@@H](CC(=O)O)NC(=O)c2ccccc2C)cc1OC. The Kier molecular flexibility index (Phi) is 6.00. The smallest absolute Gasteiger partial charge is 0.305 e. The third-order valence-electron chi connectivity index (χ3n) is 3.88. The predicted octanol–water partition coefficient (Wildman–Crippen LogP) is 2.96. The van der Waals surface area contributed by atoms with Gasteiger partial charge in [-0.2, -0.15) is 0 Å². The quantitative estimate of drug-likeness (QED) is 0.807. The van der Waals surface area contributed by atoms with Crippen LogP contribution in [0, 0.1) is 6.92 Å². The van der Waals surface area contributed by atoms with Crippen LogP contribution in [-0.2, 0) is 4.79 Å². The highest BCUT2D eigenvalue weighted by molar-refractivity contribution is 5.96. The molecule has 0 unspecified atom stereocenters. The zero-order chi connectivity index (χ0) is 18.4. The van der Waals surface area contributed by atoms with Crippen LogP contribution in [0.4, 0.5) is 0 Å². The number of hydrogen-bond donors (Lipinski definition) is 2. The summed E-state index contributed by atoms with van der Waals surface area (Å²) in [7, 11) is 3.02. The van der Waals surface area contributed by atoms with Crippen molar-refractivity contribution in [2.75, 3.05) is 14.2 Å². The summed E-state index contributed by atoms with van der Waals surface area (Å²) in [5.41, 5.74) is 1.96. The zero-order valence-corrected chi connectivity index (χ0v) is 14.4. The Morgan fingerprint density at radius 3 is 2.36 bits per heavy atom. The van der Waals surface area contributed by atoms with Gasteiger partial charge in [-0.3, -0.25) is 9.59 Å². The molecular weight excluding hydrogens is 322 g/mol. The molecule has 2 aromatic carbocycles. The number of amides is 1. The van der Waals surface area contributed by atoms with Gasteiger partial charge < -0.3 is 19.9 Å². The highest BCUT2D eigenvalue weighted by atomic mass is 16.5. The van der Waals surface area contributed by atoms with E-state index in [-0.39, 0.29) is 12.3 Å². The van der Waals surface area contributed by atoms with E-state index in [0.29, 0.717) is 22.6 Å². The molecule has 1 amide bonds. The van der Waals surface area contributed by atoms with Gasteiger partial charge in [0.1, 0.15) is 0 Å². The molecule has 6 heteroatoms. The predicted molar refractivity (Wildman–Crippen MR) is 93.2 cm³/mol. The number of rotatable bonds is 7. The Morgan fingerprint density at radius 2 is 1.76 bits per heavy atom. The molecule has 6 nitrogen and oxygen atoms in total. The van der Waals surface area contributed by atoms with Crippen LogP contribution in [0.1, 0.15) is 33.9 Å². The lowest BCUT2D eigenvalue weighted by Crippen LogP contribution is -2.30. The van der Waals surface area contributed by atoms with Crippen molar-refractivity contribution in [2.45, 2.75) is 19.4 Å². The molecular formula is C19H21NO5. The zero-order valence-electron chi connectivity index (χ0n) is 14.4. The molecule has 0 aliphatic heterocycles. The van der Waals surface area contributed by atoms with Gasteiger partial charge in [0.05, 0.1) is 26.7 Å². The summed E-state index contributed by atoms with van der Waals surface area (Å²) in [6.07, 6.45) is -0.243. The molecule has 0 fully saturated rings. The van der Waals surface area contributed by atoms with Gasteiger partial charge in [0.2, 0.25) is 0 Å². The van der Waals surface area contributed by atoms with E-state index in [4.69, 9.17) is 9.47 Å². The number of carbonyl (C=O) groups is 2. The maximum atomic E-state index is 12.5. The lowest BCUT2D eigenvalue weighted by molar-refractivity contribution is -0.137. The fourth-order valence-corrected chi connectivity index (χ4v) is 2.56. The summed E-state index contributed by atoms with van der Waals surface area (Å²) < 4.78 is 10.4. The number of aliphatic carboxylic acids is 1. The topological polar surface area (TPSA) is 84.9 Å². The van der Waals surface area contributed by atoms with E-state index in [9.17, 15) is 14.7 Å². The fraction of sp³-hybridized carbons (Fsp3) is 0.263. The van der Waals surface area contributed by atoms with Gasteiger partial charge in [-0.15, -0.1) is 0 Å². The van der Waals surface area contributed by atoms with Gasteiger partial charge >= 0.3 is 5.97 Å². The first kappa shape index (κ1) is 18.3. The van der Waals surface area contributed by atoms with Crippen molar-refractivity contribution in [3.8, 4) is 11.5 Å². The molecule has 2 aromatic rings. The third kappa shape index (κ3) is 4.50. The number of aryl methyl sites for hydroxylation is 1. The molecule has 0 bridgehead atoms. The van der Waals surface area contributed by atoms with Gasteiger partial charge in [-0.25, -0.2) is 0 Å². The summed E-state index contributed by atoms with van der Waals surface area (Å²) >= 11 is 0. The number of ether oxygens (including phenoxy) is 2. The van der Waals surface area contributed by atoms with E-state index < -0.39 is 12.0 Å². The number of carboxylic acid groups (broad SMARTS) is 1. The van der Waals surface area contributed by atoms with E-state index >= 15 is 0 Å². The minimum absolute atomic E-state index is 0.243. The van der Waals surface area contributed by atoms with Crippen LogP contribution >= 0.6 is 0 Å². The summed E-state index contributed by atoms with van der Waals surface area (Å²) in [4.78, 5) is 23.8. The van der Waals surface area contributed by atoms with Gasteiger partial charge in [-0.05, 0) is 36.2 Å². The van der Waals surface area contributed by atoms with Crippen LogP contribution in [0.15, 0.2) is 42.5 Å². The van der Waals surface area contributed by atoms with Crippen LogP contribution in [0.2, 0.25) is 0 Å². The van der Waals surface area contributed by atoms with Crippen molar-refractivity contribution in [1.29, 1.82) is 0 Å². The minimum atomic E-state index is -1.01. The van der Waals surface area contributed by atoms with Crippen LogP contribution in [-0.4, -0.2) is 31.2 Å². The summed E-state index contributed by atoms with van der Waals surface area (Å²) in [5.74, 6) is -0.324. The normalized spacial score (nSPS) is 11.5. The molecule has 0 aliphatic rings. The van der Waals surface area contributed by atoms with Crippen LogP contribution in [0.25, 0.3) is 0 Å². The second-order valence-corrected chi connectivity index (χ2v) is 5.55. The van der Waals surface area contributed by atoms with E-state index in [1.165, 1.54) is 14.2 Å². The first-order valence-electron chi connectivity index (χ1n) is 7.76. The van der Waals surface area contributed by atoms with Crippen molar-refractivity contribution in [1.82, 2.24) is 5.32 Å². The Bertz CT molecular complexity index is 772. The Balaban J connectivity index is 2.32. The van der Waals surface area contributed by atoms with Gasteiger partial charge in [0.25, 0.3) is 5.91 Å². The first-order chi connectivity index (χ1) is 12.0. The molecule has 1 atom stereocenters. The van der Waals surface area contributed by atoms with Crippen molar-refractivity contribution in [2.24, 2.45) is 0 Å². The minimum Gasteiger partial charge on any atom is -0.493 e. The number of carbonyl (C=O) groups excluding carboxylic acids is 1.